The van der Waals surface area contributed by atoms with Gasteiger partial charge in [-0.3, -0.25) is 0 Å². The second-order valence-corrected chi connectivity index (χ2v) is 8.08. The van der Waals surface area contributed by atoms with Gasteiger partial charge in [-0.05, 0) is 80.5 Å². The molecule has 0 N–H and O–H groups in total. The lowest BCUT2D eigenvalue weighted by atomic mass is 9.78. The number of rotatable bonds is 4. The van der Waals surface area contributed by atoms with Gasteiger partial charge in [-0.15, -0.1) is 0 Å². The van der Waals surface area contributed by atoms with Crippen LogP contribution < -0.4 is 0 Å². The lowest BCUT2D eigenvalue weighted by Gasteiger charge is -2.38. The molecule has 27 heavy (non-hydrogen) atoms. The Morgan fingerprint density at radius 1 is 0.778 bits per heavy atom. The molecule has 2 heterocycles. The van der Waals surface area contributed by atoms with Gasteiger partial charge in [0.25, 0.3) is 0 Å². The van der Waals surface area contributed by atoms with Crippen molar-refractivity contribution in [2.24, 2.45) is 5.92 Å². The van der Waals surface area contributed by atoms with Crippen LogP contribution in [0.3, 0.4) is 0 Å². The Labute approximate surface area is 157 Å². The van der Waals surface area contributed by atoms with E-state index in [1.54, 1.807) is 0 Å². The normalized spacial score (nSPS) is 25.3. The van der Waals surface area contributed by atoms with Gasteiger partial charge in [-0.1, -0.05) is 0 Å². The molecule has 0 radical (unpaired) electrons. The fraction of sp³-hybridized carbons (Fsp3) is 0.455. The molecule has 2 aliphatic rings. The van der Waals surface area contributed by atoms with Crippen LogP contribution in [-0.2, 0) is 0 Å². The number of nitrogens with zero attached hydrogens (tertiary/aromatic N) is 1. The van der Waals surface area contributed by atoms with E-state index in [1.165, 1.54) is 37.1 Å². The van der Waals surface area contributed by atoms with Crippen molar-refractivity contribution in [3.63, 3.8) is 0 Å². The summed E-state index contributed by atoms with van der Waals surface area (Å²) in [5, 5.41) is 0. The summed E-state index contributed by atoms with van der Waals surface area (Å²) in [5.74, 6) is -2.76. The van der Waals surface area contributed by atoms with Crippen LogP contribution in [0.4, 0.5) is 17.6 Å². The first-order valence-corrected chi connectivity index (χ1v) is 9.53. The average Bonchev–Trinajstić information content (AvgIpc) is 2.79. The Bertz CT molecular complexity index is 731. The number of hydrogen-bond donors (Lipinski definition) is 0. The largest absolute Gasteiger partial charge is 0.300 e. The third kappa shape index (κ3) is 3.88. The molecule has 4 rings (SSSR count). The predicted octanol–water partition coefficient (Wildman–Crippen LogP) is 5.64. The van der Waals surface area contributed by atoms with E-state index in [2.05, 4.69) is 11.9 Å². The molecular formula is C22H23F4N. The van der Waals surface area contributed by atoms with Gasteiger partial charge in [0.1, 0.15) is 23.3 Å². The Balaban J connectivity index is 1.68. The molecule has 2 unspecified atom stereocenters. The third-order valence-corrected chi connectivity index (χ3v) is 6.34. The van der Waals surface area contributed by atoms with Crippen molar-refractivity contribution in [2.75, 3.05) is 7.05 Å². The first-order chi connectivity index (χ1) is 12.9. The van der Waals surface area contributed by atoms with Crippen LogP contribution in [-0.4, -0.2) is 24.0 Å². The smallest absolute Gasteiger partial charge is 0.126 e. The van der Waals surface area contributed by atoms with Crippen molar-refractivity contribution in [1.82, 2.24) is 4.90 Å². The molecule has 1 nitrogen and oxygen atoms in total. The van der Waals surface area contributed by atoms with Crippen LogP contribution in [0, 0.1) is 29.2 Å². The Kier molecular flexibility index (Phi) is 4.97. The van der Waals surface area contributed by atoms with E-state index < -0.39 is 29.2 Å². The van der Waals surface area contributed by atoms with Gasteiger partial charge in [0.2, 0.25) is 0 Å². The van der Waals surface area contributed by atoms with Gasteiger partial charge in [0.05, 0.1) is 0 Å². The van der Waals surface area contributed by atoms with Gasteiger partial charge >= 0.3 is 0 Å². The Hall–Kier alpha value is -1.88. The van der Waals surface area contributed by atoms with Crippen LogP contribution in [0.25, 0.3) is 0 Å². The number of hydrogen-bond acceptors (Lipinski definition) is 1. The molecule has 2 fully saturated rings. The van der Waals surface area contributed by atoms with Crippen molar-refractivity contribution < 1.29 is 17.6 Å². The molecule has 5 heteroatoms. The summed E-state index contributed by atoms with van der Waals surface area (Å²) in [6, 6.07) is 7.82. The van der Waals surface area contributed by atoms with Crippen molar-refractivity contribution >= 4 is 0 Å². The van der Waals surface area contributed by atoms with Gasteiger partial charge < -0.3 is 4.90 Å². The van der Waals surface area contributed by atoms with Crippen molar-refractivity contribution in [3.8, 4) is 0 Å². The number of piperidine rings is 1. The summed E-state index contributed by atoms with van der Waals surface area (Å²) < 4.78 is 55.3. The monoisotopic (exact) mass is 377 g/mol. The molecule has 2 atom stereocenters. The van der Waals surface area contributed by atoms with Gasteiger partial charge in [0.15, 0.2) is 0 Å². The first kappa shape index (κ1) is 18.5. The SMILES string of the molecule is CN1C2CCC1CC(CC(c1cc(F)cc(F)c1)c1cc(F)cc(F)c1)C2. The molecule has 0 aromatic heterocycles. The lowest BCUT2D eigenvalue weighted by Crippen LogP contribution is -2.40. The summed E-state index contributed by atoms with van der Waals surface area (Å²) in [6.45, 7) is 0. The molecule has 2 aliphatic heterocycles. The molecule has 2 bridgehead atoms. The highest BCUT2D eigenvalue weighted by Gasteiger charge is 2.39. The van der Waals surface area contributed by atoms with Crippen LogP contribution in [0.5, 0.6) is 0 Å². The van der Waals surface area contributed by atoms with E-state index in [-0.39, 0.29) is 0 Å². The zero-order valence-corrected chi connectivity index (χ0v) is 15.3. The molecular weight excluding hydrogens is 354 g/mol. The quantitative estimate of drug-likeness (QED) is 0.624. The van der Waals surface area contributed by atoms with E-state index >= 15 is 0 Å². The molecule has 2 saturated heterocycles. The molecule has 2 aromatic rings. The van der Waals surface area contributed by atoms with Crippen LogP contribution >= 0.6 is 0 Å². The maximum absolute atomic E-state index is 13.8. The molecule has 2 aromatic carbocycles. The van der Waals surface area contributed by atoms with Gasteiger partial charge in [0, 0.05) is 30.1 Å². The maximum Gasteiger partial charge on any atom is 0.126 e. The minimum atomic E-state index is -0.671. The number of halogens is 4. The summed E-state index contributed by atoms with van der Waals surface area (Å²) in [7, 11) is 2.15. The highest BCUT2D eigenvalue weighted by molar-refractivity contribution is 5.34. The molecule has 0 saturated carbocycles. The van der Waals surface area contributed by atoms with Crippen molar-refractivity contribution in [2.45, 2.75) is 50.1 Å². The van der Waals surface area contributed by atoms with Crippen LogP contribution in [0.15, 0.2) is 36.4 Å². The van der Waals surface area contributed by atoms with Gasteiger partial charge in [-0.2, -0.15) is 0 Å². The Morgan fingerprint density at radius 2 is 1.19 bits per heavy atom. The fourth-order valence-electron chi connectivity index (χ4n) is 5.07. The van der Waals surface area contributed by atoms with Crippen LogP contribution in [0.2, 0.25) is 0 Å². The topological polar surface area (TPSA) is 3.24 Å². The van der Waals surface area contributed by atoms with E-state index in [1.807, 2.05) is 0 Å². The van der Waals surface area contributed by atoms with E-state index in [9.17, 15) is 17.6 Å². The van der Waals surface area contributed by atoms with Crippen molar-refractivity contribution in [1.29, 1.82) is 0 Å². The molecule has 144 valence electrons. The summed E-state index contributed by atoms with van der Waals surface area (Å²) >= 11 is 0. The molecule has 0 amide bonds. The first-order valence-electron chi connectivity index (χ1n) is 9.53. The van der Waals surface area contributed by atoms with Gasteiger partial charge in [-0.25, -0.2) is 17.6 Å². The van der Waals surface area contributed by atoms with Crippen molar-refractivity contribution in [3.05, 3.63) is 70.8 Å². The Morgan fingerprint density at radius 3 is 1.59 bits per heavy atom. The minimum Gasteiger partial charge on any atom is -0.300 e. The lowest BCUT2D eigenvalue weighted by molar-refractivity contribution is 0.127. The minimum absolute atomic E-state index is 0.362. The molecule has 0 spiro atoms. The zero-order chi connectivity index (χ0) is 19.1. The van der Waals surface area contributed by atoms with Crippen LogP contribution in [0.1, 0.15) is 49.1 Å². The highest BCUT2D eigenvalue weighted by atomic mass is 19.1. The maximum atomic E-state index is 13.8. The second kappa shape index (κ2) is 7.27. The summed E-state index contributed by atoms with van der Waals surface area (Å²) in [5.41, 5.74) is 0.868. The summed E-state index contributed by atoms with van der Waals surface area (Å²) in [4.78, 5) is 2.43. The second-order valence-electron chi connectivity index (χ2n) is 8.08. The van der Waals surface area contributed by atoms with E-state index in [0.29, 0.717) is 35.5 Å². The number of fused-ring (bicyclic) bond motifs is 2. The highest BCUT2D eigenvalue weighted by Crippen LogP contribution is 2.43. The van der Waals surface area contributed by atoms with E-state index in [0.717, 1.165) is 25.0 Å². The summed E-state index contributed by atoms with van der Waals surface area (Å²) in [6.07, 6.45) is 5.00. The fourth-order valence-corrected chi connectivity index (χ4v) is 5.07. The molecule has 0 aliphatic carbocycles. The van der Waals surface area contributed by atoms with E-state index in [4.69, 9.17) is 0 Å². The number of benzene rings is 2. The zero-order valence-electron chi connectivity index (χ0n) is 15.3. The average molecular weight is 377 g/mol. The predicted molar refractivity (Wildman–Crippen MR) is 96.5 cm³/mol. The third-order valence-electron chi connectivity index (χ3n) is 6.34. The standard InChI is InChI=1S/C22H23F4N/c1-27-20-2-3-21(27)5-13(4-20)6-22(14-7-16(23)11-17(24)8-14)15-9-18(25)12-19(26)10-15/h7-13,20-22H,2-6H2,1H3.